The van der Waals surface area contributed by atoms with E-state index in [2.05, 4.69) is 11.0 Å². The molecular formula is C13H13NO. The van der Waals surface area contributed by atoms with Gasteiger partial charge < -0.3 is 10.1 Å². The highest BCUT2D eigenvalue weighted by atomic mass is 16.5. The van der Waals surface area contributed by atoms with E-state index in [1.54, 1.807) is 0 Å². The Morgan fingerprint density at radius 2 is 2.33 bits per heavy atom. The molecule has 0 radical (unpaired) electrons. The summed E-state index contributed by atoms with van der Waals surface area (Å²) < 4.78 is 5.63. The van der Waals surface area contributed by atoms with E-state index in [0.717, 1.165) is 17.0 Å². The lowest BCUT2D eigenvalue weighted by molar-refractivity contribution is 0.356. The average Bonchev–Trinajstić information content (AvgIpc) is 2.79. The molecule has 1 aromatic rings. The fourth-order valence-corrected chi connectivity index (χ4v) is 1.36. The maximum atomic E-state index is 5.63. The monoisotopic (exact) mass is 199 g/mol. The van der Waals surface area contributed by atoms with Gasteiger partial charge in [-0.3, -0.25) is 0 Å². The summed E-state index contributed by atoms with van der Waals surface area (Å²) in [7, 11) is 1.89. The molecule has 2 heteroatoms. The normalized spacial score (nSPS) is 12.7. The third-order valence-corrected chi connectivity index (χ3v) is 2.19. The lowest BCUT2D eigenvalue weighted by Crippen LogP contribution is -1.99. The van der Waals surface area contributed by atoms with E-state index < -0.39 is 0 Å². The van der Waals surface area contributed by atoms with E-state index in [4.69, 9.17) is 4.74 Å². The summed E-state index contributed by atoms with van der Waals surface area (Å²) in [6, 6.07) is 7.90. The minimum atomic E-state index is 0.594. The van der Waals surface area contributed by atoms with Gasteiger partial charge in [0.1, 0.15) is 12.4 Å². The lowest BCUT2D eigenvalue weighted by Gasteiger charge is -2.07. The summed E-state index contributed by atoms with van der Waals surface area (Å²) in [5.74, 6) is 0.878. The van der Waals surface area contributed by atoms with Crippen molar-refractivity contribution in [2.24, 2.45) is 0 Å². The highest BCUT2D eigenvalue weighted by molar-refractivity contribution is 5.47. The fraction of sp³-hybridized carbons (Fsp3) is 0.154. The van der Waals surface area contributed by atoms with Gasteiger partial charge in [0.25, 0.3) is 0 Å². The first-order valence-corrected chi connectivity index (χ1v) is 4.91. The highest BCUT2D eigenvalue weighted by Crippen LogP contribution is 2.17. The van der Waals surface area contributed by atoms with Crippen LogP contribution < -0.4 is 10.1 Å². The van der Waals surface area contributed by atoms with E-state index in [-0.39, 0.29) is 0 Å². The molecule has 1 aliphatic rings. The number of ether oxygens (including phenoxy) is 1. The first kappa shape index (κ1) is 9.63. The van der Waals surface area contributed by atoms with Crippen molar-refractivity contribution in [3.63, 3.8) is 0 Å². The molecule has 2 rings (SSSR count). The molecule has 0 aliphatic heterocycles. The van der Waals surface area contributed by atoms with E-state index in [1.165, 1.54) is 0 Å². The van der Waals surface area contributed by atoms with Crippen molar-refractivity contribution in [3.05, 3.63) is 53.8 Å². The Hall–Kier alpha value is -1.92. The molecule has 0 fully saturated rings. The number of hydrogen-bond acceptors (Lipinski definition) is 2. The van der Waals surface area contributed by atoms with Crippen molar-refractivity contribution in [2.75, 3.05) is 19.0 Å². The smallest absolute Gasteiger partial charge is 0.121 e. The van der Waals surface area contributed by atoms with Crippen LogP contribution in [0.3, 0.4) is 0 Å². The summed E-state index contributed by atoms with van der Waals surface area (Å²) in [6.07, 6.45) is 5.83. The van der Waals surface area contributed by atoms with Gasteiger partial charge in [-0.15, -0.1) is 5.73 Å². The summed E-state index contributed by atoms with van der Waals surface area (Å²) in [5.41, 5.74) is 5.20. The molecule has 1 aromatic carbocycles. The van der Waals surface area contributed by atoms with Gasteiger partial charge in [-0.25, -0.2) is 0 Å². The predicted molar refractivity (Wildman–Crippen MR) is 62.2 cm³/mol. The van der Waals surface area contributed by atoms with Gasteiger partial charge in [0.05, 0.1) is 0 Å². The van der Waals surface area contributed by atoms with Crippen molar-refractivity contribution >= 4 is 5.69 Å². The predicted octanol–water partition coefficient (Wildman–Crippen LogP) is 2.76. The van der Waals surface area contributed by atoms with Gasteiger partial charge in [0.2, 0.25) is 0 Å². The zero-order chi connectivity index (χ0) is 10.5. The van der Waals surface area contributed by atoms with Crippen LogP contribution in [0.25, 0.3) is 0 Å². The maximum Gasteiger partial charge on any atom is 0.121 e. The molecular weight excluding hydrogens is 186 g/mol. The zero-order valence-electron chi connectivity index (χ0n) is 8.66. The summed E-state index contributed by atoms with van der Waals surface area (Å²) in [5, 5.41) is 3.07. The Kier molecular flexibility index (Phi) is 2.91. The first-order valence-electron chi connectivity index (χ1n) is 4.91. The summed E-state index contributed by atoms with van der Waals surface area (Å²) in [4.78, 5) is 0. The molecule has 2 nitrogen and oxygen atoms in total. The van der Waals surface area contributed by atoms with Crippen molar-refractivity contribution in [3.8, 4) is 5.75 Å². The summed E-state index contributed by atoms with van der Waals surface area (Å²) in [6.45, 7) is 0.594. The number of benzene rings is 1. The third-order valence-electron chi connectivity index (χ3n) is 2.19. The van der Waals surface area contributed by atoms with Gasteiger partial charge in [-0.1, -0.05) is 6.07 Å². The van der Waals surface area contributed by atoms with Crippen LogP contribution in [-0.2, 0) is 0 Å². The van der Waals surface area contributed by atoms with Gasteiger partial charge in [0, 0.05) is 18.8 Å². The number of nitrogens with one attached hydrogen (secondary N) is 1. The molecule has 0 atom stereocenters. The van der Waals surface area contributed by atoms with E-state index >= 15 is 0 Å². The standard InChI is InChI=1S/C13H13NO/c1-14-12-7-4-8-13(9-12)15-10-11-5-2-3-6-11/h2,4-9,14H,10H2,1H3. The van der Waals surface area contributed by atoms with Crippen molar-refractivity contribution in [2.45, 2.75) is 0 Å². The number of rotatable bonds is 4. The molecule has 0 unspecified atom stereocenters. The lowest BCUT2D eigenvalue weighted by atomic mass is 10.3. The second kappa shape index (κ2) is 4.54. The van der Waals surface area contributed by atoms with Crippen LogP contribution in [0, 0.1) is 0 Å². The highest BCUT2D eigenvalue weighted by Gasteiger charge is 1.98. The largest absolute Gasteiger partial charge is 0.489 e. The van der Waals surface area contributed by atoms with Gasteiger partial charge >= 0.3 is 0 Å². The molecule has 15 heavy (non-hydrogen) atoms. The molecule has 1 aliphatic carbocycles. The number of hydrogen-bond donors (Lipinski definition) is 1. The number of allylic oxidation sites excluding steroid dienone is 1. The minimum absolute atomic E-state index is 0.594. The van der Waals surface area contributed by atoms with Gasteiger partial charge in [0.15, 0.2) is 0 Å². The average molecular weight is 199 g/mol. The Labute approximate surface area is 89.6 Å². The fourth-order valence-electron chi connectivity index (χ4n) is 1.36. The van der Waals surface area contributed by atoms with Crippen LogP contribution >= 0.6 is 0 Å². The van der Waals surface area contributed by atoms with Crippen LogP contribution in [0.1, 0.15) is 0 Å². The van der Waals surface area contributed by atoms with Crippen LogP contribution in [0.15, 0.2) is 53.8 Å². The van der Waals surface area contributed by atoms with Gasteiger partial charge in [-0.2, -0.15) is 0 Å². The molecule has 0 aromatic heterocycles. The van der Waals surface area contributed by atoms with Crippen LogP contribution in [-0.4, -0.2) is 13.7 Å². The molecule has 1 N–H and O–H groups in total. The molecule has 0 saturated heterocycles. The second-order valence-electron chi connectivity index (χ2n) is 3.29. The molecule has 0 saturated carbocycles. The minimum Gasteiger partial charge on any atom is -0.489 e. The quantitative estimate of drug-likeness (QED) is 0.753. The topological polar surface area (TPSA) is 21.3 Å². The molecule has 0 heterocycles. The Morgan fingerprint density at radius 3 is 3.07 bits per heavy atom. The zero-order valence-corrected chi connectivity index (χ0v) is 8.66. The molecule has 0 bridgehead atoms. The van der Waals surface area contributed by atoms with E-state index in [0.29, 0.717) is 6.61 Å². The van der Waals surface area contributed by atoms with Crippen molar-refractivity contribution < 1.29 is 4.74 Å². The Balaban J connectivity index is 1.96. The van der Waals surface area contributed by atoms with Gasteiger partial charge in [-0.05, 0) is 35.9 Å². The summed E-state index contributed by atoms with van der Waals surface area (Å²) >= 11 is 0. The van der Waals surface area contributed by atoms with Crippen molar-refractivity contribution in [1.82, 2.24) is 0 Å². The molecule has 0 spiro atoms. The van der Waals surface area contributed by atoms with E-state index in [1.807, 2.05) is 49.5 Å². The van der Waals surface area contributed by atoms with Crippen LogP contribution in [0.4, 0.5) is 5.69 Å². The van der Waals surface area contributed by atoms with Crippen molar-refractivity contribution in [1.29, 1.82) is 0 Å². The maximum absolute atomic E-state index is 5.63. The van der Waals surface area contributed by atoms with Crippen LogP contribution in [0.5, 0.6) is 5.75 Å². The van der Waals surface area contributed by atoms with E-state index in [9.17, 15) is 0 Å². The molecule has 76 valence electrons. The third kappa shape index (κ3) is 2.52. The first-order chi connectivity index (χ1) is 7.38. The van der Waals surface area contributed by atoms with Crippen LogP contribution in [0.2, 0.25) is 0 Å². The number of anilines is 1. The Bertz CT molecular complexity index is 440. The second-order valence-corrected chi connectivity index (χ2v) is 3.29. The SMILES string of the molecule is CNc1cccc(OCC2=CC=C=C2)c1. The Morgan fingerprint density at radius 1 is 1.40 bits per heavy atom. The molecule has 0 amide bonds.